The Hall–Kier alpha value is -2.73. The molecule has 25 heavy (non-hydrogen) atoms. The van der Waals surface area contributed by atoms with Gasteiger partial charge in [-0.15, -0.1) is 0 Å². The average Bonchev–Trinajstić information content (AvgIpc) is 2.52. The van der Waals surface area contributed by atoms with Crippen LogP contribution >= 0.6 is 0 Å². The first-order valence-corrected chi connectivity index (χ1v) is 7.35. The number of amides is 4. The summed E-state index contributed by atoms with van der Waals surface area (Å²) in [5.74, 6) is -4.60. The van der Waals surface area contributed by atoms with E-state index in [2.05, 4.69) is 10.6 Å². The molecule has 0 spiro atoms. The molecule has 3 atom stereocenters. The molecular formula is C13H23N5O7. The number of carboxylic acids is 1. The van der Waals surface area contributed by atoms with Gasteiger partial charge in [0.05, 0.1) is 12.6 Å². The van der Waals surface area contributed by atoms with E-state index >= 15 is 0 Å². The minimum atomic E-state index is -1.46. The van der Waals surface area contributed by atoms with Crippen LogP contribution in [0.5, 0.6) is 0 Å². The molecule has 0 radical (unpaired) electrons. The van der Waals surface area contributed by atoms with Crippen molar-refractivity contribution in [1.82, 2.24) is 10.6 Å². The third-order valence-corrected chi connectivity index (χ3v) is 3.15. The average molecular weight is 361 g/mol. The quantitative estimate of drug-likeness (QED) is 0.180. The molecule has 4 amide bonds. The van der Waals surface area contributed by atoms with E-state index in [1.54, 1.807) is 0 Å². The van der Waals surface area contributed by atoms with Crippen LogP contribution in [0.2, 0.25) is 0 Å². The Morgan fingerprint density at radius 2 is 1.32 bits per heavy atom. The first-order valence-electron chi connectivity index (χ1n) is 7.35. The molecule has 12 nitrogen and oxygen atoms in total. The Balaban J connectivity index is 4.71. The second kappa shape index (κ2) is 10.9. The zero-order valence-corrected chi connectivity index (χ0v) is 13.4. The van der Waals surface area contributed by atoms with E-state index in [1.165, 1.54) is 0 Å². The number of aliphatic carboxylic acids is 1. The summed E-state index contributed by atoms with van der Waals surface area (Å²) in [4.78, 5) is 56.2. The van der Waals surface area contributed by atoms with Gasteiger partial charge < -0.3 is 38.0 Å². The van der Waals surface area contributed by atoms with Crippen molar-refractivity contribution < 1.29 is 34.2 Å². The molecular weight excluding hydrogens is 338 g/mol. The lowest BCUT2D eigenvalue weighted by atomic mass is 10.1. The molecule has 0 aliphatic carbocycles. The third-order valence-electron chi connectivity index (χ3n) is 3.15. The normalized spacial score (nSPS) is 14.0. The molecule has 0 aliphatic rings. The Morgan fingerprint density at radius 3 is 1.76 bits per heavy atom. The number of carbonyl (C=O) groups is 5. The highest BCUT2D eigenvalue weighted by Gasteiger charge is 2.27. The van der Waals surface area contributed by atoms with Crippen LogP contribution in [0, 0.1) is 0 Å². The molecule has 0 saturated carbocycles. The minimum Gasteiger partial charge on any atom is -0.480 e. The number of hydrogen-bond donors (Lipinski definition) is 7. The van der Waals surface area contributed by atoms with Crippen LogP contribution in [0.4, 0.5) is 0 Å². The summed E-state index contributed by atoms with van der Waals surface area (Å²) in [6.45, 7) is -0.817. The highest BCUT2D eigenvalue weighted by molar-refractivity contribution is 5.92. The largest absolute Gasteiger partial charge is 0.480 e. The lowest BCUT2D eigenvalue weighted by Crippen LogP contribution is -2.56. The predicted molar refractivity (Wildman–Crippen MR) is 83.4 cm³/mol. The maximum Gasteiger partial charge on any atom is 0.326 e. The van der Waals surface area contributed by atoms with E-state index in [9.17, 15) is 29.1 Å². The highest BCUT2D eigenvalue weighted by atomic mass is 16.4. The predicted octanol–water partition coefficient (Wildman–Crippen LogP) is -4.11. The van der Waals surface area contributed by atoms with Crippen molar-refractivity contribution in [3.63, 3.8) is 0 Å². The Kier molecular flexibility index (Phi) is 9.74. The van der Waals surface area contributed by atoms with Gasteiger partial charge in [0.25, 0.3) is 0 Å². The number of hydrogen-bond acceptors (Lipinski definition) is 7. The highest BCUT2D eigenvalue weighted by Crippen LogP contribution is 2.00. The first kappa shape index (κ1) is 22.3. The molecule has 142 valence electrons. The topological polar surface area (TPSA) is 228 Å². The molecule has 0 heterocycles. The van der Waals surface area contributed by atoms with Gasteiger partial charge >= 0.3 is 5.97 Å². The fourth-order valence-electron chi connectivity index (χ4n) is 1.72. The summed E-state index contributed by atoms with van der Waals surface area (Å²) >= 11 is 0. The van der Waals surface area contributed by atoms with E-state index in [0.717, 1.165) is 0 Å². The maximum atomic E-state index is 12.0. The number of carbonyl (C=O) groups excluding carboxylic acids is 4. The fourth-order valence-corrected chi connectivity index (χ4v) is 1.72. The summed E-state index contributed by atoms with van der Waals surface area (Å²) in [5.41, 5.74) is 15.4. The van der Waals surface area contributed by atoms with E-state index in [-0.39, 0.29) is 25.7 Å². The van der Waals surface area contributed by atoms with Crippen molar-refractivity contribution in [2.45, 2.75) is 43.8 Å². The zero-order valence-electron chi connectivity index (χ0n) is 13.4. The molecule has 0 aromatic carbocycles. The maximum absolute atomic E-state index is 12.0. The lowest BCUT2D eigenvalue weighted by Gasteiger charge is -2.21. The van der Waals surface area contributed by atoms with Crippen LogP contribution in [-0.4, -0.2) is 64.5 Å². The molecule has 0 saturated heterocycles. The number of primary amides is 2. The number of carboxylic acid groups (broad SMARTS) is 1. The second-order valence-corrected chi connectivity index (χ2v) is 5.26. The van der Waals surface area contributed by atoms with Gasteiger partial charge in [0, 0.05) is 12.8 Å². The van der Waals surface area contributed by atoms with Crippen molar-refractivity contribution in [3.05, 3.63) is 0 Å². The van der Waals surface area contributed by atoms with E-state index < -0.39 is 54.3 Å². The zero-order chi connectivity index (χ0) is 19.6. The first-order chi connectivity index (χ1) is 11.6. The van der Waals surface area contributed by atoms with Crippen molar-refractivity contribution in [1.29, 1.82) is 0 Å². The van der Waals surface area contributed by atoms with E-state index in [1.807, 2.05) is 0 Å². The SMILES string of the molecule is NC(=O)CC[C@H](NC(=O)[C@H](CO)NC(=O)[C@@H](N)CCC(N)=O)C(=O)O. The van der Waals surface area contributed by atoms with Crippen LogP contribution in [0.3, 0.4) is 0 Å². The number of nitrogens with one attached hydrogen (secondary N) is 2. The Morgan fingerprint density at radius 1 is 0.840 bits per heavy atom. The smallest absolute Gasteiger partial charge is 0.326 e. The van der Waals surface area contributed by atoms with Crippen molar-refractivity contribution in [2.24, 2.45) is 17.2 Å². The minimum absolute atomic E-state index is 0.0582. The van der Waals surface area contributed by atoms with E-state index in [4.69, 9.17) is 22.3 Å². The van der Waals surface area contributed by atoms with E-state index in [0.29, 0.717) is 0 Å². The standard InChI is InChI=1S/C13H23N5O7/c14-6(1-3-9(15)20)11(22)18-8(5-19)12(23)17-7(13(24)25)2-4-10(16)21/h6-8,19H,1-5,14H2,(H2,15,20)(H2,16,21)(H,17,23)(H,18,22)(H,24,25)/t6-,7-,8-/m0/s1. The van der Waals surface area contributed by atoms with Crippen LogP contribution in [0.15, 0.2) is 0 Å². The van der Waals surface area contributed by atoms with Crippen LogP contribution < -0.4 is 27.8 Å². The van der Waals surface area contributed by atoms with Gasteiger partial charge in [0.1, 0.15) is 12.1 Å². The lowest BCUT2D eigenvalue weighted by molar-refractivity contribution is -0.142. The van der Waals surface area contributed by atoms with Crippen molar-refractivity contribution >= 4 is 29.6 Å². The van der Waals surface area contributed by atoms with Gasteiger partial charge in [0.2, 0.25) is 23.6 Å². The molecule has 0 aliphatic heterocycles. The van der Waals surface area contributed by atoms with Gasteiger partial charge in [-0.2, -0.15) is 0 Å². The summed E-state index contributed by atoms with van der Waals surface area (Å²) in [7, 11) is 0. The summed E-state index contributed by atoms with van der Waals surface area (Å²) in [6, 6.07) is -4.02. The third kappa shape index (κ3) is 9.22. The van der Waals surface area contributed by atoms with Gasteiger partial charge in [0.15, 0.2) is 0 Å². The monoisotopic (exact) mass is 361 g/mol. The van der Waals surface area contributed by atoms with Crippen LogP contribution in [-0.2, 0) is 24.0 Å². The number of aliphatic hydroxyl groups excluding tert-OH is 1. The summed E-state index contributed by atoms with van der Waals surface area (Å²) in [6.07, 6.45) is -0.720. The number of aliphatic hydroxyl groups is 1. The van der Waals surface area contributed by atoms with Gasteiger partial charge in [-0.3, -0.25) is 19.2 Å². The van der Waals surface area contributed by atoms with Crippen LogP contribution in [0.1, 0.15) is 25.7 Å². The molecule has 0 aromatic heterocycles. The second-order valence-electron chi connectivity index (χ2n) is 5.26. The molecule has 0 unspecified atom stereocenters. The molecule has 0 aromatic rings. The van der Waals surface area contributed by atoms with Crippen molar-refractivity contribution in [2.75, 3.05) is 6.61 Å². The van der Waals surface area contributed by atoms with Gasteiger partial charge in [-0.25, -0.2) is 4.79 Å². The number of nitrogens with two attached hydrogens (primary N) is 3. The molecule has 12 heteroatoms. The molecule has 10 N–H and O–H groups in total. The van der Waals surface area contributed by atoms with Gasteiger partial charge in [-0.05, 0) is 12.8 Å². The van der Waals surface area contributed by atoms with Crippen LogP contribution in [0.25, 0.3) is 0 Å². The number of rotatable bonds is 12. The fraction of sp³-hybridized carbons (Fsp3) is 0.615. The van der Waals surface area contributed by atoms with Crippen molar-refractivity contribution in [3.8, 4) is 0 Å². The van der Waals surface area contributed by atoms with Gasteiger partial charge in [-0.1, -0.05) is 0 Å². The molecule has 0 fully saturated rings. The molecule has 0 rings (SSSR count). The Labute approximate surface area is 143 Å². The Bertz CT molecular complexity index is 525. The summed E-state index contributed by atoms with van der Waals surface area (Å²) < 4.78 is 0. The molecule has 0 bridgehead atoms. The summed E-state index contributed by atoms with van der Waals surface area (Å²) in [5, 5.41) is 22.4.